The van der Waals surface area contributed by atoms with Gasteiger partial charge in [0.1, 0.15) is 0 Å². The number of benzene rings is 2. The topological polar surface area (TPSA) is 32.3 Å². The number of aryl methyl sites for hydroxylation is 1. The summed E-state index contributed by atoms with van der Waals surface area (Å²) in [7, 11) is 0. The van der Waals surface area contributed by atoms with Crippen LogP contribution in [0.15, 0.2) is 36.4 Å². The smallest absolute Gasteiger partial charge is 0.287 e. The third-order valence-corrected chi connectivity index (χ3v) is 5.69. The van der Waals surface area contributed by atoms with Crippen molar-refractivity contribution < 1.29 is 18.0 Å². The maximum absolute atomic E-state index is 14.2. The maximum Gasteiger partial charge on any atom is 0.409 e. The quantitative estimate of drug-likeness (QED) is 0.577. The van der Waals surface area contributed by atoms with Gasteiger partial charge in [-0.3, -0.25) is 10.2 Å². The number of hydrogen-bond acceptors (Lipinski definition) is 2. The number of carbonyl (C=O) groups is 1. The number of rotatable bonds is 7. The number of alkyl halides is 3. The van der Waals surface area contributed by atoms with Gasteiger partial charge >= 0.3 is 6.18 Å². The van der Waals surface area contributed by atoms with Crippen molar-refractivity contribution in [2.24, 2.45) is 5.41 Å². The van der Waals surface area contributed by atoms with Crippen molar-refractivity contribution in [2.75, 3.05) is 6.54 Å². The van der Waals surface area contributed by atoms with Crippen LogP contribution in [0, 0.1) is 5.41 Å². The molecular weight excluding hydrogens is 377 g/mol. The standard InChI is InChI=1S/C23H29F3N2O/c1-4-5-6-7-10-16-13-14-19(18-12-9-8-11-17(16)18)20(23(24,25)26)28-15-22(2,3)21(29)27-28/h8-9,11-14,20H,4-7,10,15H2,1-3H3,(H,27,29). The van der Waals surface area contributed by atoms with Crippen LogP contribution < -0.4 is 5.43 Å². The van der Waals surface area contributed by atoms with Gasteiger partial charge in [-0.15, -0.1) is 0 Å². The Morgan fingerprint density at radius 2 is 1.76 bits per heavy atom. The van der Waals surface area contributed by atoms with Gasteiger partial charge < -0.3 is 0 Å². The Kier molecular flexibility index (Phi) is 6.22. The van der Waals surface area contributed by atoms with Gasteiger partial charge in [0.05, 0.1) is 5.41 Å². The minimum atomic E-state index is -4.51. The van der Waals surface area contributed by atoms with E-state index in [-0.39, 0.29) is 18.0 Å². The SMILES string of the molecule is CCCCCCc1ccc(C(N2CC(C)(C)C(=O)N2)C(F)(F)F)c2ccccc12. The number of nitrogens with one attached hydrogen (secondary N) is 1. The van der Waals surface area contributed by atoms with Crippen molar-refractivity contribution in [1.29, 1.82) is 0 Å². The fraction of sp³-hybridized carbons (Fsp3) is 0.522. The predicted octanol–water partition coefficient (Wildman–Crippen LogP) is 5.94. The Morgan fingerprint density at radius 1 is 1.07 bits per heavy atom. The third-order valence-electron chi connectivity index (χ3n) is 5.69. The molecule has 0 radical (unpaired) electrons. The molecule has 1 aliphatic heterocycles. The van der Waals surface area contributed by atoms with E-state index in [9.17, 15) is 18.0 Å². The molecule has 0 spiro atoms. The number of unbranched alkanes of at least 4 members (excludes halogenated alkanes) is 3. The Labute approximate surface area is 170 Å². The summed E-state index contributed by atoms with van der Waals surface area (Å²) in [6.07, 6.45) is 0.786. The van der Waals surface area contributed by atoms with Gasteiger partial charge in [-0.05, 0) is 48.6 Å². The molecule has 0 aliphatic carbocycles. The zero-order chi connectivity index (χ0) is 21.2. The van der Waals surface area contributed by atoms with Crippen LogP contribution in [0.25, 0.3) is 10.8 Å². The van der Waals surface area contributed by atoms with Crippen LogP contribution in [0.1, 0.15) is 63.6 Å². The molecule has 3 rings (SSSR count). The van der Waals surface area contributed by atoms with Crippen LogP contribution in [0.2, 0.25) is 0 Å². The first-order valence-electron chi connectivity index (χ1n) is 10.3. The van der Waals surface area contributed by atoms with Crippen LogP contribution >= 0.6 is 0 Å². The van der Waals surface area contributed by atoms with Gasteiger partial charge in [0.25, 0.3) is 0 Å². The number of fused-ring (bicyclic) bond motifs is 1. The van der Waals surface area contributed by atoms with Gasteiger partial charge in [0.15, 0.2) is 6.04 Å². The molecule has 0 saturated carbocycles. The number of carbonyl (C=O) groups excluding carboxylic acids is 1. The molecule has 1 amide bonds. The molecule has 2 aromatic rings. The summed E-state index contributed by atoms with van der Waals surface area (Å²) >= 11 is 0. The summed E-state index contributed by atoms with van der Waals surface area (Å²) in [5, 5.41) is 2.51. The van der Waals surface area contributed by atoms with E-state index >= 15 is 0 Å². The Bertz CT molecular complexity index is 876. The molecule has 1 atom stereocenters. The summed E-state index contributed by atoms with van der Waals surface area (Å²) in [5.41, 5.74) is 2.85. The predicted molar refractivity (Wildman–Crippen MR) is 109 cm³/mol. The highest BCUT2D eigenvalue weighted by atomic mass is 19.4. The van der Waals surface area contributed by atoms with E-state index in [1.54, 1.807) is 32.0 Å². The van der Waals surface area contributed by atoms with Crippen molar-refractivity contribution in [1.82, 2.24) is 10.4 Å². The molecular formula is C23H29F3N2O. The van der Waals surface area contributed by atoms with Crippen molar-refractivity contribution in [3.8, 4) is 0 Å². The lowest BCUT2D eigenvalue weighted by Gasteiger charge is -2.31. The number of halogens is 3. The number of nitrogens with zero attached hydrogens (tertiary/aromatic N) is 1. The summed E-state index contributed by atoms with van der Waals surface area (Å²) in [6.45, 7) is 5.48. The van der Waals surface area contributed by atoms with Crippen molar-refractivity contribution >= 4 is 16.7 Å². The first-order chi connectivity index (χ1) is 13.6. The largest absolute Gasteiger partial charge is 0.409 e. The number of hydrogen-bond donors (Lipinski definition) is 1. The second kappa shape index (κ2) is 8.34. The zero-order valence-electron chi connectivity index (χ0n) is 17.3. The Morgan fingerprint density at radius 3 is 2.34 bits per heavy atom. The molecule has 29 heavy (non-hydrogen) atoms. The van der Waals surface area contributed by atoms with E-state index in [2.05, 4.69) is 12.3 Å². The van der Waals surface area contributed by atoms with E-state index < -0.39 is 17.6 Å². The maximum atomic E-state index is 14.2. The molecule has 1 heterocycles. The summed E-state index contributed by atoms with van der Waals surface area (Å²) in [6, 6.07) is 8.82. The molecule has 1 aliphatic rings. The van der Waals surface area contributed by atoms with E-state index in [4.69, 9.17) is 0 Å². The van der Waals surface area contributed by atoms with Crippen molar-refractivity contribution in [3.63, 3.8) is 0 Å². The fourth-order valence-corrected chi connectivity index (χ4v) is 4.08. The molecule has 3 nitrogen and oxygen atoms in total. The Balaban J connectivity index is 2.01. The van der Waals surface area contributed by atoms with E-state index in [0.717, 1.165) is 48.1 Å². The highest BCUT2D eigenvalue weighted by molar-refractivity contribution is 5.89. The first-order valence-corrected chi connectivity index (χ1v) is 10.3. The lowest BCUT2D eigenvalue weighted by atomic mass is 9.91. The molecule has 0 bridgehead atoms. The van der Waals surface area contributed by atoms with Crippen LogP contribution in [-0.2, 0) is 11.2 Å². The fourth-order valence-electron chi connectivity index (χ4n) is 4.08. The second-order valence-electron chi connectivity index (χ2n) is 8.57. The molecule has 1 fully saturated rings. The summed E-state index contributed by atoms with van der Waals surface area (Å²) < 4.78 is 42.5. The van der Waals surface area contributed by atoms with Gasteiger partial charge in [-0.2, -0.15) is 13.2 Å². The summed E-state index contributed by atoms with van der Waals surface area (Å²) in [4.78, 5) is 12.1. The normalized spacial score (nSPS) is 18.2. The molecule has 158 valence electrons. The molecule has 0 aromatic heterocycles. The average molecular weight is 406 g/mol. The van der Waals surface area contributed by atoms with Gasteiger partial charge in [0, 0.05) is 6.54 Å². The van der Waals surface area contributed by atoms with Gasteiger partial charge in [-0.25, -0.2) is 5.01 Å². The number of amides is 1. The third kappa shape index (κ3) is 4.58. The Hall–Kier alpha value is -2.08. The molecule has 6 heteroatoms. The minimum Gasteiger partial charge on any atom is -0.287 e. The highest BCUT2D eigenvalue weighted by Crippen LogP contribution is 2.43. The van der Waals surface area contributed by atoms with Crippen molar-refractivity contribution in [2.45, 2.75) is 65.1 Å². The van der Waals surface area contributed by atoms with Gasteiger partial charge in [-0.1, -0.05) is 62.6 Å². The lowest BCUT2D eigenvalue weighted by Crippen LogP contribution is -2.43. The highest BCUT2D eigenvalue weighted by Gasteiger charge is 2.51. The zero-order valence-corrected chi connectivity index (χ0v) is 17.3. The molecule has 2 aromatic carbocycles. The van der Waals surface area contributed by atoms with E-state index in [0.29, 0.717) is 5.39 Å². The second-order valence-corrected chi connectivity index (χ2v) is 8.57. The van der Waals surface area contributed by atoms with Crippen LogP contribution in [-0.4, -0.2) is 23.6 Å². The van der Waals surface area contributed by atoms with Crippen LogP contribution in [0.3, 0.4) is 0 Å². The van der Waals surface area contributed by atoms with Crippen LogP contribution in [0.5, 0.6) is 0 Å². The average Bonchev–Trinajstić information content (AvgIpc) is 2.91. The lowest BCUT2D eigenvalue weighted by molar-refractivity contribution is -0.191. The summed E-state index contributed by atoms with van der Waals surface area (Å²) in [5.74, 6) is -0.386. The van der Waals surface area contributed by atoms with Crippen LogP contribution in [0.4, 0.5) is 13.2 Å². The minimum absolute atomic E-state index is 0.00308. The molecule has 1 N–H and O–H groups in total. The molecule has 1 unspecified atom stereocenters. The van der Waals surface area contributed by atoms with E-state index in [1.807, 2.05) is 18.2 Å². The van der Waals surface area contributed by atoms with Crippen molar-refractivity contribution in [3.05, 3.63) is 47.5 Å². The van der Waals surface area contributed by atoms with E-state index in [1.165, 1.54) is 0 Å². The molecule has 1 saturated heterocycles. The number of hydrazine groups is 1. The van der Waals surface area contributed by atoms with Gasteiger partial charge in [0.2, 0.25) is 5.91 Å². The first kappa shape index (κ1) is 21.6. The monoisotopic (exact) mass is 406 g/mol.